The van der Waals surface area contributed by atoms with E-state index in [0.717, 1.165) is 0 Å². The normalized spacial score (nSPS) is 13.6. The molecule has 13 nitrogen and oxygen atoms in total. The number of hydrogen-bond acceptors (Lipinski definition) is 10. The first-order valence-corrected chi connectivity index (χ1v) is 10.6. The summed E-state index contributed by atoms with van der Waals surface area (Å²) in [6.45, 7) is 0. The number of carbonyl (C=O) groups excluding carboxylic acids is 1. The van der Waals surface area contributed by atoms with Gasteiger partial charge in [0.1, 0.15) is 28.4 Å². The molecular weight excluding hydrogens is 452 g/mol. The number of anilines is 3. The van der Waals surface area contributed by atoms with Crippen LogP contribution >= 0.6 is 0 Å². The molecule has 3 N–H and O–H groups in total. The minimum absolute atomic E-state index is 0.214. The second-order valence-electron chi connectivity index (χ2n) is 7.87. The van der Waals surface area contributed by atoms with Gasteiger partial charge in [0.2, 0.25) is 5.88 Å². The van der Waals surface area contributed by atoms with Crippen LogP contribution in [0.3, 0.4) is 0 Å². The lowest BCUT2D eigenvalue weighted by atomic mass is 10.2. The molecule has 5 rings (SSSR count). The van der Waals surface area contributed by atoms with Gasteiger partial charge in [-0.15, -0.1) is 10.2 Å². The number of aromatic nitrogens is 6. The Bertz CT molecular complexity index is 1530. The van der Waals surface area contributed by atoms with Gasteiger partial charge >= 0.3 is 0 Å². The van der Waals surface area contributed by atoms with Gasteiger partial charge in [0.25, 0.3) is 11.5 Å². The van der Waals surface area contributed by atoms with Crippen molar-refractivity contribution in [3.63, 3.8) is 0 Å². The van der Waals surface area contributed by atoms with Crippen molar-refractivity contribution in [1.29, 1.82) is 5.26 Å². The second kappa shape index (κ2) is 8.41. The number of hydrogen-bond donors (Lipinski definition) is 3. The number of nitriles is 1. The molecule has 1 saturated carbocycles. The molecule has 4 aromatic rings. The van der Waals surface area contributed by atoms with E-state index in [0.29, 0.717) is 36.2 Å². The molecule has 1 aliphatic carbocycles. The highest BCUT2D eigenvalue weighted by Gasteiger charge is 2.45. The molecule has 176 valence electrons. The second-order valence-corrected chi connectivity index (χ2v) is 7.87. The highest BCUT2D eigenvalue weighted by Crippen LogP contribution is 2.34. The zero-order chi connectivity index (χ0) is 24.6. The molecule has 0 unspecified atom stereocenters. The summed E-state index contributed by atoms with van der Waals surface area (Å²) < 4.78 is 7.82. The van der Waals surface area contributed by atoms with Gasteiger partial charge in [0, 0.05) is 25.4 Å². The SMILES string of the molecule is CNc1cc(Nc2cccn(-c3ccc(OC)nn3)c2=O)nc2c(C(=O)NC3(C#N)CC3)cnn12. The van der Waals surface area contributed by atoms with Crippen molar-refractivity contribution >= 4 is 28.9 Å². The van der Waals surface area contributed by atoms with Crippen LogP contribution in [0.4, 0.5) is 17.3 Å². The average Bonchev–Trinajstić information content (AvgIpc) is 3.52. The molecular formula is C22H20N10O3. The summed E-state index contributed by atoms with van der Waals surface area (Å²) >= 11 is 0. The number of pyridine rings is 1. The Balaban J connectivity index is 1.50. The average molecular weight is 472 g/mol. The van der Waals surface area contributed by atoms with E-state index >= 15 is 0 Å². The number of methoxy groups -OCH3 is 1. The van der Waals surface area contributed by atoms with Gasteiger partial charge in [-0.05, 0) is 31.0 Å². The molecule has 4 heterocycles. The van der Waals surface area contributed by atoms with Gasteiger partial charge in [-0.3, -0.25) is 14.2 Å². The maximum absolute atomic E-state index is 13.1. The molecule has 0 bridgehead atoms. The number of fused-ring (bicyclic) bond motifs is 1. The van der Waals surface area contributed by atoms with Gasteiger partial charge in [-0.1, -0.05) is 0 Å². The standard InChI is InChI=1S/C22H20N10O3/c1-24-17-10-15(27-19-13(11-25-32(17)19)20(33)28-22(12-23)7-8-22)26-14-4-3-9-31(21(14)34)16-5-6-18(35-2)30-29-16/h3-6,9-11,24H,7-8H2,1-2H3,(H,26,27)(H,28,33). The first kappa shape index (κ1) is 21.8. The van der Waals surface area contributed by atoms with Crippen LogP contribution in [-0.4, -0.2) is 55.0 Å². The van der Waals surface area contributed by atoms with Crippen molar-refractivity contribution in [2.24, 2.45) is 0 Å². The van der Waals surface area contributed by atoms with E-state index in [1.807, 2.05) is 0 Å². The Morgan fingerprint density at radius 2 is 2.09 bits per heavy atom. The number of rotatable bonds is 7. The maximum Gasteiger partial charge on any atom is 0.280 e. The first-order chi connectivity index (χ1) is 17.0. The number of nitrogens with one attached hydrogen (secondary N) is 3. The van der Waals surface area contributed by atoms with Gasteiger partial charge < -0.3 is 20.7 Å². The predicted octanol–water partition coefficient (Wildman–Crippen LogP) is 1.25. The van der Waals surface area contributed by atoms with Crippen LogP contribution in [0.15, 0.2) is 47.5 Å². The summed E-state index contributed by atoms with van der Waals surface area (Å²) in [5.74, 6) is 1.06. The molecule has 4 aromatic heterocycles. The van der Waals surface area contributed by atoms with E-state index in [9.17, 15) is 14.9 Å². The fraction of sp³-hybridized carbons (Fsp3) is 0.227. The molecule has 1 fully saturated rings. The van der Waals surface area contributed by atoms with E-state index in [-0.39, 0.29) is 22.5 Å². The van der Waals surface area contributed by atoms with Crippen molar-refractivity contribution in [1.82, 2.24) is 34.7 Å². The molecule has 0 saturated heterocycles. The summed E-state index contributed by atoms with van der Waals surface area (Å²) in [7, 11) is 3.18. The molecule has 13 heteroatoms. The third-order valence-electron chi connectivity index (χ3n) is 5.58. The maximum atomic E-state index is 13.1. The molecule has 35 heavy (non-hydrogen) atoms. The Morgan fingerprint density at radius 3 is 2.74 bits per heavy atom. The fourth-order valence-electron chi connectivity index (χ4n) is 3.50. The molecule has 1 aliphatic rings. The minimum atomic E-state index is -0.827. The Morgan fingerprint density at radius 1 is 1.26 bits per heavy atom. The van der Waals surface area contributed by atoms with Crippen LogP contribution in [0.1, 0.15) is 23.2 Å². The first-order valence-electron chi connectivity index (χ1n) is 10.6. The van der Waals surface area contributed by atoms with Gasteiger partial charge in [-0.2, -0.15) is 14.9 Å². The summed E-state index contributed by atoms with van der Waals surface area (Å²) in [5.41, 5.74) is -0.493. The zero-order valence-corrected chi connectivity index (χ0v) is 18.8. The van der Waals surface area contributed by atoms with Gasteiger partial charge in [0.05, 0.1) is 19.4 Å². The van der Waals surface area contributed by atoms with Crippen LogP contribution in [0.5, 0.6) is 5.88 Å². The van der Waals surface area contributed by atoms with Crippen molar-refractivity contribution in [3.05, 3.63) is 58.6 Å². The van der Waals surface area contributed by atoms with Crippen LogP contribution < -0.4 is 26.2 Å². The van der Waals surface area contributed by atoms with E-state index < -0.39 is 11.4 Å². The largest absolute Gasteiger partial charge is 0.480 e. The van der Waals surface area contributed by atoms with E-state index in [1.54, 1.807) is 43.6 Å². The zero-order valence-electron chi connectivity index (χ0n) is 18.8. The number of carbonyl (C=O) groups is 1. The Labute approximate surface area is 198 Å². The number of nitrogens with zero attached hydrogens (tertiary/aromatic N) is 7. The van der Waals surface area contributed by atoms with Crippen LogP contribution in [-0.2, 0) is 0 Å². The lowest BCUT2D eigenvalue weighted by molar-refractivity contribution is 0.0943. The van der Waals surface area contributed by atoms with E-state index in [2.05, 4.69) is 42.3 Å². The number of ether oxygens (including phenoxy) is 1. The molecule has 0 aromatic carbocycles. The molecule has 0 radical (unpaired) electrons. The lowest BCUT2D eigenvalue weighted by Crippen LogP contribution is -2.35. The smallest absolute Gasteiger partial charge is 0.280 e. The molecule has 0 spiro atoms. The quantitative estimate of drug-likeness (QED) is 0.356. The van der Waals surface area contributed by atoms with Crippen molar-refractivity contribution < 1.29 is 9.53 Å². The summed E-state index contributed by atoms with van der Waals surface area (Å²) in [4.78, 5) is 30.5. The van der Waals surface area contributed by atoms with Gasteiger partial charge in [-0.25, -0.2) is 4.98 Å². The monoisotopic (exact) mass is 472 g/mol. The Hall–Kier alpha value is -4.99. The summed E-state index contributed by atoms with van der Waals surface area (Å²) in [5, 5.41) is 30.2. The van der Waals surface area contributed by atoms with Crippen LogP contribution in [0.25, 0.3) is 11.5 Å². The van der Waals surface area contributed by atoms with Crippen molar-refractivity contribution in [2.75, 3.05) is 24.8 Å². The van der Waals surface area contributed by atoms with Crippen molar-refractivity contribution in [2.45, 2.75) is 18.4 Å². The predicted molar refractivity (Wildman–Crippen MR) is 125 cm³/mol. The third-order valence-corrected chi connectivity index (χ3v) is 5.58. The van der Waals surface area contributed by atoms with Gasteiger partial charge in [0.15, 0.2) is 11.5 Å². The van der Waals surface area contributed by atoms with Crippen LogP contribution in [0, 0.1) is 11.3 Å². The Kier molecular flexibility index (Phi) is 5.25. The molecule has 0 aliphatic heterocycles. The third kappa shape index (κ3) is 3.97. The minimum Gasteiger partial charge on any atom is -0.480 e. The van der Waals surface area contributed by atoms with E-state index in [4.69, 9.17) is 4.74 Å². The van der Waals surface area contributed by atoms with E-state index in [1.165, 1.54) is 22.4 Å². The number of amides is 1. The van der Waals surface area contributed by atoms with Crippen molar-refractivity contribution in [3.8, 4) is 17.8 Å². The van der Waals surface area contributed by atoms with Crippen LogP contribution in [0.2, 0.25) is 0 Å². The lowest BCUT2D eigenvalue weighted by Gasteiger charge is -2.12. The topological polar surface area (TPSA) is 164 Å². The summed E-state index contributed by atoms with van der Waals surface area (Å²) in [6.07, 6.45) is 4.18. The summed E-state index contributed by atoms with van der Waals surface area (Å²) in [6, 6.07) is 10.3. The molecule has 1 amide bonds. The molecule has 0 atom stereocenters. The fourth-order valence-corrected chi connectivity index (χ4v) is 3.50. The highest BCUT2D eigenvalue weighted by atomic mass is 16.5. The highest BCUT2D eigenvalue weighted by molar-refractivity contribution is 6.01.